The SMILES string of the molecule is CC(C)NC(=O)c1cnc(Nc2ccc3c(c2)CN(C)C3)nc1Nc1ccnc(C(C)(C)C)n1. The van der Waals surface area contributed by atoms with Crippen LogP contribution in [0.1, 0.15) is 61.9 Å². The van der Waals surface area contributed by atoms with Gasteiger partial charge in [-0.15, -0.1) is 0 Å². The van der Waals surface area contributed by atoms with E-state index in [9.17, 15) is 4.79 Å². The van der Waals surface area contributed by atoms with Crippen molar-refractivity contribution >= 4 is 29.2 Å². The molecule has 0 fully saturated rings. The fourth-order valence-electron chi connectivity index (χ4n) is 3.73. The quantitative estimate of drug-likeness (QED) is 0.504. The van der Waals surface area contributed by atoms with Gasteiger partial charge in [-0.05, 0) is 50.2 Å². The molecule has 0 spiro atoms. The lowest BCUT2D eigenvalue weighted by atomic mass is 9.96. The third kappa shape index (κ3) is 5.48. The van der Waals surface area contributed by atoms with E-state index in [1.54, 1.807) is 12.3 Å². The second kappa shape index (κ2) is 9.34. The molecule has 3 N–H and O–H groups in total. The molecule has 2 aromatic heterocycles. The number of hydrogen-bond donors (Lipinski definition) is 3. The number of fused-ring (bicyclic) bond motifs is 1. The first-order chi connectivity index (χ1) is 16.1. The van der Waals surface area contributed by atoms with Gasteiger partial charge in [-0.1, -0.05) is 26.8 Å². The minimum atomic E-state index is -0.255. The number of hydrogen-bond acceptors (Lipinski definition) is 8. The molecule has 9 nitrogen and oxygen atoms in total. The highest BCUT2D eigenvalue weighted by molar-refractivity contribution is 5.99. The number of rotatable bonds is 6. The van der Waals surface area contributed by atoms with Gasteiger partial charge in [0.05, 0.1) is 0 Å². The Hall–Kier alpha value is -3.59. The predicted octanol–water partition coefficient (Wildman–Crippen LogP) is 4.13. The molecule has 34 heavy (non-hydrogen) atoms. The number of anilines is 4. The van der Waals surface area contributed by atoms with Crippen LogP contribution in [0, 0.1) is 0 Å². The monoisotopic (exact) mass is 460 g/mol. The second-order valence-electron chi connectivity index (χ2n) is 10.0. The minimum absolute atomic E-state index is 0.0192. The van der Waals surface area contributed by atoms with Crippen LogP contribution in [0.15, 0.2) is 36.7 Å². The van der Waals surface area contributed by atoms with Gasteiger partial charge in [-0.25, -0.2) is 15.0 Å². The van der Waals surface area contributed by atoms with E-state index in [2.05, 4.69) is 80.7 Å². The molecule has 1 aliphatic heterocycles. The Morgan fingerprint density at radius 2 is 1.79 bits per heavy atom. The van der Waals surface area contributed by atoms with E-state index in [4.69, 9.17) is 0 Å². The molecule has 1 amide bonds. The molecule has 3 aromatic rings. The summed E-state index contributed by atoms with van der Waals surface area (Å²) >= 11 is 0. The fraction of sp³-hybridized carbons (Fsp3) is 0.400. The minimum Gasteiger partial charge on any atom is -0.350 e. The normalized spacial score (nSPS) is 13.6. The number of carbonyl (C=O) groups excluding carboxylic acids is 1. The van der Waals surface area contributed by atoms with E-state index >= 15 is 0 Å². The van der Waals surface area contributed by atoms with Gasteiger partial charge >= 0.3 is 0 Å². The maximum Gasteiger partial charge on any atom is 0.256 e. The lowest BCUT2D eigenvalue weighted by Crippen LogP contribution is -2.31. The Labute approximate surface area is 200 Å². The predicted molar refractivity (Wildman–Crippen MR) is 134 cm³/mol. The van der Waals surface area contributed by atoms with E-state index in [1.807, 2.05) is 19.9 Å². The average molecular weight is 461 g/mol. The summed E-state index contributed by atoms with van der Waals surface area (Å²) in [5, 5.41) is 9.38. The third-order valence-corrected chi connectivity index (χ3v) is 5.37. The molecule has 0 saturated heterocycles. The van der Waals surface area contributed by atoms with E-state index in [0.717, 1.165) is 18.8 Å². The summed E-state index contributed by atoms with van der Waals surface area (Å²) in [5.41, 5.74) is 3.64. The van der Waals surface area contributed by atoms with Crippen LogP contribution in [0.3, 0.4) is 0 Å². The van der Waals surface area contributed by atoms with Crippen LogP contribution in [0.2, 0.25) is 0 Å². The molecular formula is C25H32N8O. The summed E-state index contributed by atoms with van der Waals surface area (Å²) in [4.78, 5) is 33.1. The topological polar surface area (TPSA) is 108 Å². The van der Waals surface area contributed by atoms with E-state index in [0.29, 0.717) is 29.0 Å². The van der Waals surface area contributed by atoms with Crippen molar-refractivity contribution in [3.05, 3.63) is 59.2 Å². The Kier molecular flexibility index (Phi) is 6.47. The highest BCUT2D eigenvalue weighted by atomic mass is 16.1. The first kappa shape index (κ1) is 23.6. The molecule has 0 saturated carbocycles. The zero-order valence-corrected chi connectivity index (χ0v) is 20.6. The summed E-state index contributed by atoms with van der Waals surface area (Å²) in [6.07, 6.45) is 3.23. The summed E-state index contributed by atoms with van der Waals surface area (Å²) in [6, 6.07) is 8.00. The lowest BCUT2D eigenvalue weighted by molar-refractivity contribution is 0.0943. The highest BCUT2D eigenvalue weighted by Crippen LogP contribution is 2.27. The Bertz CT molecular complexity index is 1200. The summed E-state index contributed by atoms with van der Waals surface area (Å²) in [6.45, 7) is 11.8. The van der Waals surface area contributed by atoms with Crippen LogP contribution < -0.4 is 16.0 Å². The molecule has 0 unspecified atom stereocenters. The number of nitrogens with one attached hydrogen (secondary N) is 3. The van der Waals surface area contributed by atoms with Crippen molar-refractivity contribution in [2.75, 3.05) is 17.7 Å². The van der Waals surface area contributed by atoms with Gasteiger partial charge < -0.3 is 16.0 Å². The summed E-state index contributed by atoms with van der Waals surface area (Å²) < 4.78 is 0. The standard InChI is InChI=1S/C25H32N8O/c1-15(2)28-22(34)19-12-27-24(29-18-8-7-16-13-33(6)14-17(16)11-18)32-21(19)30-20-9-10-26-23(31-20)25(3,4)5/h7-12,15H,13-14H2,1-6H3,(H,28,34)(H2,26,27,29,30,31,32). The first-order valence-electron chi connectivity index (χ1n) is 11.4. The molecule has 0 aliphatic carbocycles. The van der Waals surface area contributed by atoms with Gasteiger partial charge in [0, 0.05) is 42.6 Å². The van der Waals surface area contributed by atoms with Gasteiger partial charge in [-0.2, -0.15) is 4.98 Å². The molecular weight excluding hydrogens is 428 g/mol. The average Bonchev–Trinajstić information content (AvgIpc) is 3.12. The van der Waals surface area contributed by atoms with Gasteiger partial charge in [-0.3, -0.25) is 9.69 Å². The molecule has 4 rings (SSSR count). The highest BCUT2D eigenvalue weighted by Gasteiger charge is 2.20. The number of amides is 1. The van der Waals surface area contributed by atoms with E-state index < -0.39 is 0 Å². The number of aromatic nitrogens is 4. The van der Waals surface area contributed by atoms with Crippen molar-refractivity contribution in [3.63, 3.8) is 0 Å². The van der Waals surface area contributed by atoms with Gasteiger partial charge in [0.15, 0.2) is 0 Å². The second-order valence-corrected chi connectivity index (χ2v) is 10.0. The zero-order valence-electron chi connectivity index (χ0n) is 20.6. The lowest BCUT2D eigenvalue weighted by Gasteiger charge is -2.18. The van der Waals surface area contributed by atoms with Crippen molar-refractivity contribution in [3.8, 4) is 0 Å². The molecule has 0 atom stereocenters. The van der Waals surface area contributed by atoms with E-state index in [-0.39, 0.29) is 17.4 Å². The van der Waals surface area contributed by atoms with Crippen LogP contribution >= 0.6 is 0 Å². The maximum absolute atomic E-state index is 12.8. The van der Waals surface area contributed by atoms with Gasteiger partial charge in [0.1, 0.15) is 23.0 Å². The molecule has 9 heteroatoms. The van der Waals surface area contributed by atoms with Gasteiger partial charge in [0.2, 0.25) is 5.95 Å². The number of nitrogens with zero attached hydrogens (tertiary/aromatic N) is 5. The van der Waals surface area contributed by atoms with Crippen molar-refractivity contribution in [2.45, 2.75) is 59.2 Å². The van der Waals surface area contributed by atoms with Crippen molar-refractivity contribution < 1.29 is 4.79 Å². The first-order valence-corrected chi connectivity index (χ1v) is 11.4. The molecule has 0 bridgehead atoms. The number of benzene rings is 1. The van der Waals surface area contributed by atoms with Crippen molar-refractivity contribution in [1.82, 2.24) is 30.2 Å². The van der Waals surface area contributed by atoms with Crippen LogP contribution in [0.25, 0.3) is 0 Å². The molecule has 178 valence electrons. The summed E-state index contributed by atoms with van der Waals surface area (Å²) in [7, 11) is 2.10. The van der Waals surface area contributed by atoms with Crippen LogP contribution in [0.4, 0.5) is 23.3 Å². The largest absolute Gasteiger partial charge is 0.350 e. The zero-order chi connectivity index (χ0) is 24.5. The Morgan fingerprint density at radius 3 is 2.53 bits per heavy atom. The van der Waals surface area contributed by atoms with Gasteiger partial charge in [0.25, 0.3) is 5.91 Å². The Balaban J connectivity index is 1.65. The third-order valence-electron chi connectivity index (χ3n) is 5.37. The maximum atomic E-state index is 12.8. The molecule has 1 aromatic carbocycles. The summed E-state index contributed by atoms with van der Waals surface area (Å²) in [5.74, 6) is 1.76. The van der Waals surface area contributed by atoms with E-state index in [1.165, 1.54) is 17.3 Å². The number of carbonyl (C=O) groups is 1. The van der Waals surface area contributed by atoms with Crippen LogP contribution in [0.5, 0.6) is 0 Å². The van der Waals surface area contributed by atoms with Crippen LogP contribution in [-0.4, -0.2) is 43.8 Å². The molecule has 1 aliphatic rings. The fourth-order valence-corrected chi connectivity index (χ4v) is 3.73. The molecule has 0 radical (unpaired) electrons. The van der Waals surface area contributed by atoms with Crippen molar-refractivity contribution in [1.29, 1.82) is 0 Å². The Morgan fingerprint density at radius 1 is 1.03 bits per heavy atom. The van der Waals surface area contributed by atoms with Crippen molar-refractivity contribution in [2.24, 2.45) is 0 Å². The smallest absolute Gasteiger partial charge is 0.256 e. The van der Waals surface area contributed by atoms with Crippen LogP contribution in [-0.2, 0) is 18.5 Å². The molecule has 3 heterocycles.